The van der Waals surface area contributed by atoms with Crippen molar-refractivity contribution < 1.29 is 4.79 Å². The number of carbonyl (C=O) groups excluding carboxylic acids is 1. The third-order valence-electron chi connectivity index (χ3n) is 2.21. The van der Waals surface area contributed by atoms with E-state index in [-0.39, 0.29) is 17.0 Å². The minimum Gasteiger partial charge on any atom is -0.351 e. The number of hydrogen-bond donors (Lipinski definition) is 1. The highest BCUT2D eigenvalue weighted by molar-refractivity contribution is 5.93. The molecule has 0 aromatic carbocycles. The zero-order chi connectivity index (χ0) is 12.1. The molecule has 0 aliphatic rings. The molecular formula is C11H17N3O2. The normalized spacial score (nSPS) is 10.5. The van der Waals surface area contributed by atoms with Gasteiger partial charge in [-0.2, -0.15) is 0 Å². The number of aryl methyl sites for hydroxylation is 1. The molecular weight excluding hydrogens is 206 g/mol. The molecule has 5 heteroatoms. The van der Waals surface area contributed by atoms with Crippen LogP contribution in [0.5, 0.6) is 0 Å². The van der Waals surface area contributed by atoms with Crippen molar-refractivity contribution in [3.8, 4) is 0 Å². The molecule has 0 unspecified atom stereocenters. The van der Waals surface area contributed by atoms with Crippen LogP contribution in [0.25, 0.3) is 0 Å². The Kier molecular flexibility index (Phi) is 4.25. The van der Waals surface area contributed by atoms with Crippen LogP contribution in [0.15, 0.2) is 23.1 Å². The van der Waals surface area contributed by atoms with Gasteiger partial charge in [-0.15, -0.1) is 0 Å². The molecule has 1 rings (SSSR count). The lowest BCUT2D eigenvalue weighted by Gasteiger charge is -2.10. The van der Waals surface area contributed by atoms with Crippen LogP contribution in [0.3, 0.4) is 0 Å². The molecule has 0 bridgehead atoms. The van der Waals surface area contributed by atoms with Gasteiger partial charge in [0, 0.05) is 26.3 Å². The summed E-state index contributed by atoms with van der Waals surface area (Å²) in [6, 6.07) is 3.22. The summed E-state index contributed by atoms with van der Waals surface area (Å²) in [4.78, 5) is 25.2. The maximum absolute atomic E-state index is 11.7. The Morgan fingerprint density at radius 1 is 1.50 bits per heavy atom. The molecule has 0 saturated carbocycles. The van der Waals surface area contributed by atoms with Crippen LogP contribution >= 0.6 is 0 Å². The first kappa shape index (κ1) is 12.4. The van der Waals surface area contributed by atoms with E-state index in [2.05, 4.69) is 5.32 Å². The van der Waals surface area contributed by atoms with E-state index in [4.69, 9.17) is 0 Å². The van der Waals surface area contributed by atoms with Crippen molar-refractivity contribution in [2.75, 3.05) is 27.2 Å². The number of pyridine rings is 1. The van der Waals surface area contributed by atoms with Crippen molar-refractivity contribution in [2.45, 2.75) is 0 Å². The maximum Gasteiger partial charge on any atom is 0.263 e. The Labute approximate surface area is 94.7 Å². The SMILES string of the molecule is CN(C)CCNC(=O)c1cccn(C)c1=O. The molecule has 0 spiro atoms. The van der Waals surface area contributed by atoms with Gasteiger partial charge in [0.05, 0.1) is 0 Å². The molecule has 1 N–H and O–H groups in total. The summed E-state index contributed by atoms with van der Waals surface area (Å²) < 4.78 is 1.39. The molecule has 1 amide bonds. The van der Waals surface area contributed by atoms with Crippen molar-refractivity contribution in [1.82, 2.24) is 14.8 Å². The summed E-state index contributed by atoms with van der Waals surface area (Å²) in [5.41, 5.74) is -0.0893. The first-order chi connectivity index (χ1) is 7.52. The molecule has 0 radical (unpaired) electrons. The van der Waals surface area contributed by atoms with Crippen LogP contribution in [-0.4, -0.2) is 42.6 Å². The standard InChI is InChI=1S/C11H17N3O2/c1-13(2)8-6-12-10(15)9-5-4-7-14(3)11(9)16/h4-5,7H,6,8H2,1-3H3,(H,12,15). The van der Waals surface area contributed by atoms with E-state index < -0.39 is 0 Å². The third kappa shape index (κ3) is 3.20. The summed E-state index contributed by atoms with van der Waals surface area (Å²) in [5.74, 6) is -0.317. The number of carbonyl (C=O) groups is 1. The molecule has 1 aromatic heterocycles. The fourth-order valence-corrected chi connectivity index (χ4v) is 1.26. The van der Waals surface area contributed by atoms with Gasteiger partial charge in [-0.1, -0.05) is 0 Å². The fraction of sp³-hybridized carbons (Fsp3) is 0.455. The molecule has 0 fully saturated rings. The Balaban J connectivity index is 2.67. The minimum absolute atomic E-state index is 0.184. The Morgan fingerprint density at radius 2 is 2.19 bits per heavy atom. The monoisotopic (exact) mass is 223 g/mol. The molecule has 1 aromatic rings. The number of hydrogen-bond acceptors (Lipinski definition) is 3. The van der Waals surface area contributed by atoms with E-state index >= 15 is 0 Å². The van der Waals surface area contributed by atoms with Crippen LogP contribution in [-0.2, 0) is 7.05 Å². The summed E-state index contributed by atoms with van der Waals surface area (Å²) in [6.07, 6.45) is 1.62. The van der Waals surface area contributed by atoms with Crippen LogP contribution in [0.2, 0.25) is 0 Å². The van der Waals surface area contributed by atoms with Crippen LogP contribution in [0, 0.1) is 0 Å². The topological polar surface area (TPSA) is 54.3 Å². The second-order valence-corrected chi connectivity index (χ2v) is 3.90. The highest BCUT2D eigenvalue weighted by atomic mass is 16.2. The lowest BCUT2D eigenvalue weighted by molar-refractivity contribution is 0.0949. The van der Waals surface area contributed by atoms with E-state index in [1.54, 1.807) is 19.3 Å². The average molecular weight is 223 g/mol. The molecule has 0 aliphatic heterocycles. The van der Waals surface area contributed by atoms with Crippen molar-refractivity contribution in [3.63, 3.8) is 0 Å². The van der Waals surface area contributed by atoms with E-state index in [0.29, 0.717) is 6.54 Å². The number of aromatic nitrogens is 1. The second kappa shape index (κ2) is 5.46. The quantitative estimate of drug-likeness (QED) is 0.761. The predicted molar refractivity (Wildman–Crippen MR) is 62.6 cm³/mol. The van der Waals surface area contributed by atoms with Crippen molar-refractivity contribution in [2.24, 2.45) is 7.05 Å². The molecule has 5 nitrogen and oxygen atoms in total. The summed E-state index contributed by atoms with van der Waals surface area (Å²) in [7, 11) is 5.47. The van der Waals surface area contributed by atoms with Gasteiger partial charge < -0.3 is 14.8 Å². The van der Waals surface area contributed by atoms with Gasteiger partial charge in [0.15, 0.2) is 0 Å². The lowest BCUT2D eigenvalue weighted by atomic mass is 10.2. The number of amides is 1. The minimum atomic E-state index is -0.317. The highest BCUT2D eigenvalue weighted by Crippen LogP contribution is 1.90. The molecule has 88 valence electrons. The number of nitrogens with zero attached hydrogens (tertiary/aromatic N) is 2. The lowest BCUT2D eigenvalue weighted by Crippen LogP contribution is -2.35. The summed E-state index contributed by atoms with van der Waals surface area (Å²) >= 11 is 0. The van der Waals surface area contributed by atoms with Crippen LogP contribution < -0.4 is 10.9 Å². The number of likely N-dealkylation sites (N-methyl/N-ethyl adjacent to an activating group) is 1. The third-order valence-corrected chi connectivity index (χ3v) is 2.21. The average Bonchev–Trinajstić information content (AvgIpc) is 2.21. The first-order valence-electron chi connectivity index (χ1n) is 5.11. The van der Waals surface area contributed by atoms with Crippen molar-refractivity contribution in [1.29, 1.82) is 0 Å². The zero-order valence-corrected chi connectivity index (χ0v) is 9.86. The van der Waals surface area contributed by atoms with Gasteiger partial charge in [0.25, 0.3) is 11.5 Å². The van der Waals surface area contributed by atoms with E-state index in [1.165, 1.54) is 10.6 Å². The van der Waals surface area contributed by atoms with E-state index in [0.717, 1.165) is 6.54 Å². The van der Waals surface area contributed by atoms with Crippen LogP contribution in [0.1, 0.15) is 10.4 Å². The van der Waals surface area contributed by atoms with Crippen LogP contribution in [0.4, 0.5) is 0 Å². The Bertz CT molecular complexity index is 423. The largest absolute Gasteiger partial charge is 0.351 e. The maximum atomic E-state index is 11.7. The van der Waals surface area contributed by atoms with Gasteiger partial charge in [0.2, 0.25) is 0 Å². The second-order valence-electron chi connectivity index (χ2n) is 3.90. The van der Waals surface area contributed by atoms with Gasteiger partial charge >= 0.3 is 0 Å². The van der Waals surface area contributed by atoms with E-state index in [9.17, 15) is 9.59 Å². The fourth-order valence-electron chi connectivity index (χ4n) is 1.26. The van der Waals surface area contributed by atoms with E-state index in [1.807, 2.05) is 19.0 Å². The molecule has 0 aliphatic carbocycles. The Morgan fingerprint density at radius 3 is 2.81 bits per heavy atom. The molecule has 0 saturated heterocycles. The number of rotatable bonds is 4. The summed E-state index contributed by atoms with van der Waals surface area (Å²) in [6.45, 7) is 1.28. The zero-order valence-electron chi connectivity index (χ0n) is 9.86. The highest BCUT2D eigenvalue weighted by Gasteiger charge is 2.09. The van der Waals surface area contributed by atoms with Gasteiger partial charge in [-0.05, 0) is 26.2 Å². The smallest absolute Gasteiger partial charge is 0.263 e. The first-order valence-corrected chi connectivity index (χ1v) is 5.11. The molecule has 0 atom stereocenters. The van der Waals surface area contributed by atoms with Gasteiger partial charge in [-0.3, -0.25) is 9.59 Å². The van der Waals surface area contributed by atoms with Crippen molar-refractivity contribution in [3.05, 3.63) is 34.2 Å². The Hall–Kier alpha value is -1.62. The molecule has 16 heavy (non-hydrogen) atoms. The number of nitrogens with one attached hydrogen (secondary N) is 1. The summed E-state index contributed by atoms with van der Waals surface area (Å²) in [5, 5.41) is 2.70. The van der Waals surface area contributed by atoms with Gasteiger partial charge in [0.1, 0.15) is 5.56 Å². The van der Waals surface area contributed by atoms with Gasteiger partial charge in [-0.25, -0.2) is 0 Å². The predicted octanol–water partition coefficient (Wildman–Crippen LogP) is -0.323. The van der Waals surface area contributed by atoms with Crippen molar-refractivity contribution >= 4 is 5.91 Å². The molecule has 1 heterocycles.